The number of carbonyl (C=O) groups excluding carboxylic acids is 1. The summed E-state index contributed by atoms with van der Waals surface area (Å²) in [5.74, 6) is 0.567. The van der Waals surface area contributed by atoms with Crippen molar-refractivity contribution in [1.82, 2.24) is 9.78 Å². The van der Waals surface area contributed by atoms with Gasteiger partial charge >= 0.3 is 0 Å². The van der Waals surface area contributed by atoms with E-state index in [2.05, 4.69) is 21.0 Å². The quantitative estimate of drug-likeness (QED) is 0.631. The van der Waals surface area contributed by atoms with E-state index in [-0.39, 0.29) is 5.91 Å². The van der Waals surface area contributed by atoms with Crippen LogP contribution in [0.1, 0.15) is 10.4 Å². The van der Waals surface area contributed by atoms with Crippen molar-refractivity contribution >= 4 is 44.7 Å². The topological polar surface area (TPSA) is 41.4 Å². The first-order chi connectivity index (χ1) is 11.6. The van der Waals surface area contributed by atoms with E-state index >= 15 is 0 Å². The fourth-order valence-corrected chi connectivity index (χ4v) is 3.36. The van der Waals surface area contributed by atoms with Gasteiger partial charge in [-0.1, -0.05) is 34.1 Å². The summed E-state index contributed by atoms with van der Waals surface area (Å²) in [7, 11) is 3.76. The summed E-state index contributed by atoms with van der Waals surface area (Å²) >= 11 is 3.52. The van der Waals surface area contributed by atoms with Gasteiger partial charge < -0.3 is 4.90 Å². The lowest BCUT2D eigenvalue weighted by Crippen LogP contribution is -2.25. The number of hydrogen-bond acceptors (Lipinski definition) is 3. The van der Waals surface area contributed by atoms with Crippen molar-refractivity contribution < 1.29 is 4.79 Å². The van der Waals surface area contributed by atoms with Crippen molar-refractivity contribution in [3.8, 4) is 0 Å². The molecule has 24 heavy (non-hydrogen) atoms. The first-order valence-corrected chi connectivity index (χ1v) is 8.32. The summed E-state index contributed by atoms with van der Waals surface area (Å²) in [6.07, 6.45) is 1.77. The molecule has 1 amide bonds. The van der Waals surface area contributed by atoms with Gasteiger partial charge in [0.25, 0.3) is 5.91 Å². The van der Waals surface area contributed by atoms with Gasteiger partial charge in [0.2, 0.25) is 0 Å². The monoisotopic (exact) mass is 382 g/mol. The van der Waals surface area contributed by atoms with Crippen molar-refractivity contribution in [2.45, 2.75) is 0 Å². The Morgan fingerprint density at radius 1 is 1.00 bits per heavy atom. The van der Waals surface area contributed by atoms with E-state index in [1.54, 1.807) is 15.8 Å². The van der Waals surface area contributed by atoms with Crippen molar-refractivity contribution in [3.05, 3.63) is 64.8 Å². The second-order valence-electron chi connectivity index (χ2n) is 5.71. The van der Waals surface area contributed by atoms with E-state index < -0.39 is 0 Å². The molecule has 4 rings (SSSR count). The van der Waals surface area contributed by atoms with Crippen molar-refractivity contribution in [2.75, 3.05) is 16.8 Å². The normalized spacial score (nSPS) is 13.5. The molecule has 0 radical (unpaired) electrons. The number of benzene rings is 2. The fourth-order valence-electron chi connectivity index (χ4n) is 3.01. The summed E-state index contributed by atoms with van der Waals surface area (Å²) in [4.78, 5) is 17.0. The van der Waals surface area contributed by atoms with E-state index in [1.165, 1.54) is 0 Å². The predicted molar refractivity (Wildman–Crippen MR) is 98.3 cm³/mol. The molecule has 5 nitrogen and oxygen atoms in total. The first kappa shape index (κ1) is 15.0. The minimum atomic E-state index is -0.0898. The summed E-state index contributed by atoms with van der Waals surface area (Å²) in [5.41, 5.74) is 3.15. The molecule has 6 heteroatoms. The molecular formula is C18H15BrN4O. The van der Waals surface area contributed by atoms with Crippen LogP contribution in [0, 0.1) is 0 Å². The number of anilines is 4. The molecule has 1 aliphatic rings. The van der Waals surface area contributed by atoms with Crippen LogP contribution in [0.3, 0.4) is 0 Å². The highest BCUT2D eigenvalue weighted by atomic mass is 79.9. The molecule has 0 saturated heterocycles. The van der Waals surface area contributed by atoms with Crippen LogP contribution >= 0.6 is 15.9 Å². The minimum Gasteiger partial charge on any atom is -0.326 e. The van der Waals surface area contributed by atoms with E-state index in [0.717, 1.165) is 21.5 Å². The second kappa shape index (κ2) is 5.49. The molecular weight excluding hydrogens is 368 g/mol. The van der Waals surface area contributed by atoms with Crippen LogP contribution in [-0.4, -0.2) is 22.7 Å². The SMILES string of the molecule is CN1c2ccc(Br)cc2N(c2ccccc2)C(=O)c2cn(C)nc21. The third-order valence-electron chi connectivity index (χ3n) is 4.11. The molecule has 2 aromatic carbocycles. The molecule has 0 spiro atoms. The molecule has 1 aliphatic heterocycles. The maximum absolute atomic E-state index is 13.3. The molecule has 0 bridgehead atoms. The minimum absolute atomic E-state index is 0.0898. The Labute approximate surface area is 148 Å². The molecule has 0 aliphatic carbocycles. The number of amides is 1. The van der Waals surface area contributed by atoms with Crippen molar-refractivity contribution in [2.24, 2.45) is 7.05 Å². The van der Waals surface area contributed by atoms with Crippen LogP contribution < -0.4 is 9.80 Å². The third kappa shape index (κ3) is 2.22. The number of fused-ring (bicyclic) bond motifs is 2. The zero-order chi connectivity index (χ0) is 16.8. The summed E-state index contributed by atoms with van der Waals surface area (Å²) < 4.78 is 2.59. The first-order valence-electron chi connectivity index (χ1n) is 7.52. The van der Waals surface area contributed by atoms with Gasteiger partial charge in [-0.05, 0) is 30.3 Å². The maximum atomic E-state index is 13.3. The van der Waals surface area contributed by atoms with Gasteiger partial charge in [-0.3, -0.25) is 14.4 Å². The molecule has 3 aromatic rings. The second-order valence-corrected chi connectivity index (χ2v) is 6.62. The Kier molecular flexibility index (Phi) is 3.42. The van der Waals surface area contributed by atoms with Crippen LogP contribution in [0.25, 0.3) is 0 Å². The van der Waals surface area contributed by atoms with Crippen LogP contribution in [0.2, 0.25) is 0 Å². The van der Waals surface area contributed by atoms with Gasteiger partial charge in [-0.25, -0.2) is 0 Å². The number of halogens is 1. The molecule has 1 aromatic heterocycles. The summed E-state index contributed by atoms with van der Waals surface area (Å²) in [6, 6.07) is 15.6. The Bertz CT molecular complexity index is 935. The maximum Gasteiger partial charge on any atom is 0.268 e. The lowest BCUT2D eigenvalue weighted by atomic mass is 10.2. The number of carbonyl (C=O) groups is 1. The zero-order valence-corrected chi connectivity index (χ0v) is 14.9. The Morgan fingerprint density at radius 3 is 2.50 bits per heavy atom. The Balaban J connectivity index is 2.03. The van der Waals surface area contributed by atoms with E-state index in [9.17, 15) is 4.79 Å². The number of aryl methyl sites for hydroxylation is 1. The van der Waals surface area contributed by atoms with Gasteiger partial charge in [0.05, 0.1) is 11.4 Å². The number of nitrogens with zero attached hydrogens (tertiary/aromatic N) is 4. The van der Waals surface area contributed by atoms with Crippen LogP contribution in [0.4, 0.5) is 22.9 Å². The Hall–Kier alpha value is -2.60. The predicted octanol–water partition coefficient (Wildman–Crippen LogP) is 4.24. The molecule has 0 N–H and O–H groups in total. The number of para-hydroxylation sites is 1. The number of aromatic nitrogens is 2. The lowest BCUT2D eigenvalue weighted by Gasteiger charge is -2.25. The smallest absolute Gasteiger partial charge is 0.268 e. The average Bonchev–Trinajstić information content (AvgIpc) is 2.94. The largest absolute Gasteiger partial charge is 0.326 e. The molecule has 0 atom stereocenters. The zero-order valence-electron chi connectivity index (χ0n) is 13.3. The standard InChI is InChI=1S/C18H15BrN4O/c1-21-11-14-17(20-21)22(2)15-9-8-12(19)10-16(15)23(18(14)24)13-6-4-3-5-7-13/h3-11H,1-2H3. The highest BCUT2D eigenvalue weighted by Crippen LogP contribution is 2.43. The number of rotatable bonds is 1. The third-order valence-corrected chi connectivity index (χ3v) is 4.61. The fraction of sp³-hybridized carbons (Fsp3) is 0.111. The lowest BCUT2D eigenvalue weighted by molar-refractivity contribution is 0.100. The molecule has 120 valence electrons. The van der Waals surface area contributed by atoms with Crippen LogP contribution in [0.15, 0.2) is 59.2 Å². The van der Waals surface area contributed by atoms with Gasteiger partial charge in [-0.2, -0.15) is 5.10 Å². The van der Waals surface area contributed by atoms with Crippen LogP contribution in [0.5, 0.6) is 0 Å². The average molecular weight is 383 g/mol. The van der Waals surface area contributed by atoms with Gasteiger partial charge in [-0.15, -0.1) is 0 Å². The Morgan fingerprint density at radius 2 is 1.75 bits per heavy atom. The van der Waals surface area contributed by atoms with Gasteiger partial charge in [0.1, 0.15) is 5.56 Å². The number of hydrogen-bond donors (Lipinski definition) is 0. The molecule has 0 fully saturated rings. The molecule has 2 heterocycles. The van der Waals surface area contributed by atoms with Crippen LogP contribution in [-0.2, 0) is 7.05 Å². The summed E-state index contributed by atoms with van der Waals surface area (Å²) in [5, 5.41) is 4.48. The highest BCUT2D eigenvalue weighted by molar-refractivity contribution is 9.10. The van der Waals surface area contributed by atoms with Gasteiger partial charge in [0, 0.05) is 30.5 Å². The van der Waals surface area contributed by atoms with Crippen molar-refractivity contribution in [3.63, 3.8) is 0 Å². The summed E-state index contributed by atoms with van der Waals surface area (Å²) in [6.45, 7) is 0. The van der Waals surface area contributed by atoms with E-state index in [1.807, 2.05) is 67.5 Å². The molecule has 0 unspecified atom stereocenters. The molecule has 0 saturated carbocycles. The van der Waals surface area contributed by atoms with Gasteiger partial charge in [0.15, 0.2) is 5.82 Å². The highest BCUT2D eigenvalue weighted by Gasteiger charge is 2.32. The van der Waals surface area contributed by atoms with E-state index in [0.29, 0.717) is 11.4 Å². The van der Waals surface area contributed by atoms with Crippen molar-refractivity contribution in [1.29, 1.82) is 0 Å². The van der Waals surface area contributed by atoms with E-state index in [4.69, 9.17) is 0 Å².